The van der Waals surface area contributed by atoms with E-state index in [0.29, 0.717) is 0 Å². The van der Waals surface area contributed by atoms with Gasteiger partial charge in [0.2, 0.25) is 0 Å². The molecule has 3 heteroatoms. The van der Waals surface area contributed by atoms with Gasteiger partial charge in [0.15, 0.2) is 6.34 Å². The van der Waals surface area contributed by atoms with Gasteiger partial charge in [0.1, 0.15) is 0 Å². The van der Waals surface area contributed by atoms with Crippen molar-refractivity contribution in [3.63, 3.8) is 0 Å². The van der Waals surface area contributed by atoms with E-state index in [9.17, 15) is 4.57 Å². The van der Waals surface area contributed by atoms with E-state index in [-0.39, 0.29) is 5.25 Å². The molecule has 0 heterocycles. The van der Waals surface area contributed by atoms with Crippen LogP contribution < -0.4 is 5.30 Å². The molecule has 0 radical (unpaired) electrons. The summed E-state index contributed by atoms with van der Waals surface area (Å²) in [6.45, 7) is 1.86. The second-order valence-electron chi connectivity index (χ2n) is 5.89. The van der Waals surface area contributed by atoms with E-state index < -0.39 is 6.34 Å². The Balaban J connectivity index is 1.89. The van der Waals surface area contributed by atoms with Crippen molar-refractivity contribution >= 4 is 29.1 Å². The molecule has 2 atom stereocenters. The Kier molecular flexibility index (Phi) is 5.96. The first-order valence-electron chi connectivity index (χ1n) is 8.25. The van der Waals surface area contributed by atoms with E-state index in [1.165, 1.54) is 0 Å². The van der Waals surface area contributed by atoms with E-state index in [2.05, 4.69) is 36.4 Å². The van der Waals surface area contributed by atoms with Gasteiger partial charge in [-0.2, -0.15) is 0 Å². The molecule has 126 valence electrons. The predicted octanol–water partition coefficient (Wildman–Crippen LogP) is 6.41. The lowest BCUT2D eigenvalue weighted by molar-refractivity contribution is 0.593. The van der Waals surface area contributed by atoms with Crippen LogP contribution in [0, 0.1) is 0 Å². The molecule has 0 saturated heterocycles. The second-order valence-corrected chi connectivity index (χ2v) is 11.5. The third-order valence-electron chi connectivity index (χ3n) is 3.93. The molecule has 0 aliphatic carbocycles. The SMILES string of the molecule is CP(=O)(SC(/C=C/c1ccccc1)c1ccccc1)c1ccccc1. The fourth-order valence-corrected chi connectivity index (χ4v) is 6.89. The zero-order chi connectivity index (χ0) is 17.5. The Bertz CT molecular complexity index is 860. The van der Waals surface area contributed by atoms with Crippen LogP contribution in [-0.4, -0.2) is 6.66 Å². The van der Waals surface area contributed by atoms with Crippen molar-refractivity contribution in [2.24, 2.45) is 0 Å². The molecule has 0 N–H and O–H groups in total. The van der Waals surface area contributed by atoms with Crippen LogP contribution in [0.5, 0.6) is 0 Å². The zero-order valence-electron chi connectivity index (χ0n) is 14.2. The van der Waals surface area contributed by atoms with E-state index in [0.717, 1.165) is 16.4 Å². The third kappa shape index (κ3) is 4.98. The molecule has 0 aliphatic rings. The van der Waals surface area contributed by atoms with Gasteiger partial charge in [-0.05, 0) is 11.1 Å². The highest BCUT2D eigenvalue weighted by atomic mass is 32.7. The van der Waals surface area contributed by atoms with Crippen LogP contribution in [0.1, 0.15) is 16.4 Å². The summed E-state index contributed by atoms with van der Waals surface area (Å²) in [5.74, 6) is 0. The average molecular weight is 364 g/mol. The van der Waals surface area contributed by atoms with Gasteiger partial charge >= 0.3 is 0 Å². The van der Waals surface area contributed by atoms with Gasteiger partial charge in [0.25, 0.3) is 0 Å². The summed E-state index contributed by atoms with van der Waals surface area (Å²) in [7, 11) is 0. The maximum absolute atomic E-state index is 13.3. The van der Waals surface area contributed by atoms with Crippen molar-refractivity contribution < 1.29 is 4.57 Å². The molecule has 0 fully saturated rings. The molecule has 25 heavy (non-hydrogen) atoms. The van der Waals surface area contributed by atoms with Gasteiger partial charge in [0.05, 0.1) is 5.25 Å². The highest BCUT2D eigenvalue weighted by molar-refractivity contribution is 8.60. The topological polar surface area (TPSA) is 17.1 Å². The summed E-state index contributed by atoms with van der Waals surface area (Å²) >= 11 is 1.54. The summed E-state index contributed by atoms with van der Waals surface area (Å²) in [5, 5.41) is 0.950. The van der Waals surface area contributed by atoms with Crippen LogP contribution in [-0.2, 0) is 4.57 Å². The van der Waals surface area contributed by atoms with Gasteiger partial charge in [-0.25, -0.2) is 0 Å². The third-order valence-corrected chi connectivity index (χ3v) is 8.75. The van der Waals surface area contributed by atoms with Crippen LogP contribution >= 0.6 is 17.7 Å². The van der Waals surface area contributed by atoms with Gasteiger partial charge in [-0.3, -0.25) is 0 Å². The first-order valence-corrected chi connectivity index (χ1v) is 11.9. The number of hydrogen-bond donors (Lipinski definition) is 0. The van der Waals surface area contributed by atoms with Gasteiger partial charge in [0, 0.05) is 12.0 Å². The molecule has 1 nitrogen and oxygen atoms in total. The molecule has 3 aromatic rings. The van der Waals surface area contributed by atoms with Crippen molar-refractivity contribution in [1.29, 1.82) is 0 Å². The summed E-state index contributed by atoms with van der Waals surface area (Å²) in [6.07, 6.45) is 1.73. The van der Waals surface area contributed by atoms with E-state index in [1.807, 2.05) is 73.4 Å². The van der Waals surface area contributed by atoms with Crippen molar-refractivity contribution in [2.45, 2.75) is 5.25 Å². The molecule has 2 unspecified atom stereocenters. The Labute approximate surface area is 153 Å². The molecule has 0 aliphatic heterocycles. The molecular formula is C22H21OPS. The molecule has 0 amide bonds. The molecule has 0 aromatic heterocycles. The minimum Gasteiger partial charge on any atom is -0.307 e. The minimum absolute atomic E-state index is 0.0393. The van der Waals surface area contributed by atoms with E-state index >= 15 is 0 Å². The van der Waals surface area contributed by atoms with Crippen LogP contribution in [0.15, 0.2) is 97.1 Å². The van der Waals surface area contributed by atoms with Crippen molar-refractivity contribution in [1.82, 2.24) is 0 Å². The van der Waals surface area contributed by atoms with Crippen LogP contribution in [0.4, 0.5) is 0 Å². The fourth-order valence-electron chi connectivity index (χ4n) is 2.59. The maximum atomic E-state index is 13.3. The first kappa shape index (κ1) is 17.8. The second kappa shape index (κ2) is 8.38. The van der Waals surface area contributed by atoms with Crippen molar-refractivity contribution in [3.05, 3.63) is 108 Å². The van der Waals surface area contributed by atoms with Crippen LogP contribution in [0.3, 0.4) is 0 Å². The van der Waals surface area contributed by atoms with Gasteiger partial charge in [-0.1, -0.05) is 115 Å². The number of hydrogen-bond acceptors (Lipinski definition) is 2. The first-order chi connectivity index (χ1) is 12.1. The van der Waals surface area contributed by atoms with Gasteiger partial charge in [-0.15, -0.1) is 0 Å². The monoisotopic (exact) mass is 364 g/mol. The van der Waals surface area contributed by atoms with E-state index in [1.54, 1.807) is 11.4 Å². The van der Waals surface area contributed by atoms with Crippen LogP contribution in [0.2, 0.25) is 0 Å². The maximum Gasteiger partial charge on any atom is 0.165 e. The lowest BCUT2D eigenvalue weighted by atomic mass is 10.1. The Hall–Kier alpha value is -2.02. The summed E-state index contributed by atoms with van der Waals surface area (Å²) < 4.78 is 13.3. The van der Waals surface area contributed by atoms with Crippen LogP contribution in [0.25, 0.3) is 6.08 Å². The molecule has 0 saturated carbocycles. The summed E-state index contributed by atoms with van der Waals surface area (Å²) in [4.78, 5) is 0. The minimum atomic E-state index is -2.52. The average Bonchev–Trinajstić information content (AvgIpc) is 2.67. The molecular weight excluding hydrogens is 343 g/mol. The van der Waals surface area contributed by atoms with Crippen molar-refractivity contribution in [3.8, 4) is 0 Å². The number of benzene rings is 3. The predicted molar refractivity (Wildman–Crippen MR) is 112 cm³/mol. The van der Waals surface area contributed by atoms with E-state index in [4.69, 9.17) is 0 Å². The lowest BCUT2D eigenvalue weighted by Gasteiger charge is -2.19. The standard InChI is InChI=1S/C22H21OPS/c1-24(23,21-15-9-4-10-16-21)25-22(20-13-7-3-8-14-20)18-17-19-11-5-2-6-12-19/h2-18,22H,1H3/b18-17+. The largest absolute Gasteiger partial charge is 0.307 e. The molecule has 0 bridgehead atoms. The molecule has 3 aromatic carbocycles. The van der Waals surface area contributed by atoms with Gasteiger partial charge < -0.3 is 4.57 Å². The molecule has 3 rings (SSSR count). The quantitative estimate of drug-likeness (QED) is 0.470. The Morgan fingerprint density at radius 2 is 1.32 bits per heavy atom. The fraction of sp³-hybridized carbons (Fsp3) is 0.0909. The van der Waals surface area contributed by atoms with Crippen molar-refractivity contribution in [2.75, 3.05) is 6.66 Å². The lowest BCUT2D eigenvalue weighted by Crippen LogP contribution is -2.02. The molecule has 0 spiro atoms. The Morgan fingerprint density at radius 1 is 0.800 bits per heavy atom. The highest BCUT2D eigenvalue weighted by Crippen LogP contribution is 2.60. The Morgan fingerprint density at radius 3 is 1.92 bits per heavy atom. The summed E-state index contributed by atoms with van der Waals surface area (Å²) in [5.41, 5.74) is 2.31. The smallest absolute Gasteiger partial charge is 0.165 e. The zero-order valence-corrected chi connectivity index (χ0v) is 15.9. The normalized spacial score (nSPS) is 14.9. The number of rotatable bonds is 6. The highest BCUT2D eigenvalue weighted by Gasteiger charge is 2.24. The summed E-state index contributed by atoms with van der Waals surface area (Å²) in [6, 6.07) is 30.2.